The molecule has 1 aromatic carbocycles. The molecule has 1 nitrogen and oxygen atoms in total. The fraction of sp³-hybridized carbons (Fsp3) is 0.231. The molecule has 0 saturated carbocycles. The Kier molecular flexibility index (Phi) is 3.54. The summed E-state index contributed by atoms with van der Waals surface area (Å²) < 4.78 is 26.1. The number of halogens is 2. The summed E-state index contributed by atoms with van der Waals surface area (Å²) in [6.07, 6.45) is -0.592. The van der Waals surface area contributed by atoms with Crippen molar-refractivity contribution in [2.24, 2.45) is 0 Å². The first-order chi connectivity index (χ1) is 8.08. The topological polar surface area (TPSA) is 20.2 Å². The first kappa shape index (κ1) is 12.2. The van der Waals surface area contributed by atoms with Crippen molar-refractivity contribution in [2.75, 3.05) is 0 Å². The lowest BCUT2D eigenvalue weighted by atomic mass is 10.0. The third-order valence-corrected chi connectivity index (χ3v) is 3.56. The van der Waals surface area contributed by atoms with E-state index < -0.39 is 17.7 Å². The number of rotatable bonds is 3. The first-order valence-electron chi connectivity index (χ1n) is 5.22. The van der Waals surface area contributed by atoms with Gasteiger partial charge in [-0.25, -0.2) is 8.78 Å². The quantitative estimate of drug-likeness (QED) is 0.887. The second kappa shape index (κ2) is 4.94. The van der Waals surface area contributed by atoms with E-state index in [0.29, 0.717) is 5.56 Å². The normalized spacial score (nSPS) is 12.7. The number of thiophene rings is 1. The van der Waals surface area contributed by atoms with Crippen LogP contribution in [0.2, 0.25) is 0 Å². The Balaban J connectivity index is 2.19. The lowest BCUT2D eigenvalue weighted by Crippen LogP contribution is -2.04. The summed E-state index contributed by atoms with van der Waals surface area (Å²) in [6.45, 7) is 1.90. The summed E-state index contributed by atoms with van der Waals surface area (Å²) in [5.41, 5.74) is 2.12. The highest BCUT2D eigenvalue weighted by Crippen LogP contribution is 2.25. The maximum Gasteiger partial charge on any atom is 0.129 e. The van der Waals surface area contributed by atoms with Crippen molar-refractivity contribution in [3.05, 3.63) is 57.3 Å². The van der Waals surface area contributed by atoms with E-state index in [-0.39, 0.29) is 6.42 Å². The molecule has 0 aliphatic rings. The van der Waals surface area contributed by atoms with E-state index in [0.717, 1.165) is 17.2 Å². The second-order valence-electron chi connectivity index (χ2n) is 3.97. The van der Waals surface area contributed by atoms with Gasteiger partial charge in [0, 0.05) is 12.5 Å². The van der Waals surface area contributed by atoms with Crippen LogP contribution in [-0.2, 0) is 6.42 Å². The Bertz CT molecular complexity index is 522. The molecule has 0 aliphatic carbocycles. The highest BCUT2D eigenvalue weighted by Gasteiger charge is 2.14. The minimum absolute atomic E-state index is 0.156. The Morgan fingerprint density at radius 3 is 2.65 bits per heavy atom. The van der Waals surface area contributed by atoms with E-state index in [1.165, 1.54) is 23.5 Å². The maximum absolute atomic E-state index is 13.4. The number of benzene rings is 1. The molecule has 0 aliphatic heterocycles. The van der Waals surface area contributed by atoms with Gasteiger partial charge in [-0.15, -0.1) is 0 Å². The van der Waals surface area contributed by atoms with Crippen LogP contribution in [0.15, 0.2) is 29.0 Å². The van der Waals surface area contributed by atoms with Gasteiger partial charge in [0.2, 0.25) is 0 Å². The van der Waals surface area contributed by atoms with E-state index in [1.54, 1.807) is 0 Å². The Hall–Kier alpha value is -1.26. The third kappa shape index (κ3) is 2.70. The van der Waals surface area contributed by atoms with Gasteiger partial charge < -0.3 is 5.11 Å². The number of hydrogen-bond donors (Lipinski definition) is 1. The first-order valence-corrected chi connectivity index (χ1v) is 6.17. The minimum Gasteiger partial charge on any atom is -0.388 e. The van der Waals surface area contributed by atoms with E-state index in [2.05, 4.69) is 0 Å². The second-order valence-corrected chi connectivity index (χ2v) is 4.71. The van der Waals surface area contributed by atoms with Gasteiger partial charge in [0.15, 0.2) is 0 Å². The monoisotopic (exact) mass is 254 g/mol. The maximum atomic E-state index is 13.4. The predicted molar refractivity (Wildman–Crippen MR) is 64.1 cm³/mol. The highest BCUT2D eigenvalue weighted by atomic mass is 32.1. The molecule has 2 rings (SSSR count). The smallest absolute Gasteiger partial charge is 0.129 e. The molecule has 1 heterocycles. The van der Waals surface area contributed by atoms with Crippen LogP contribution in [0.1, 0.15) is 22.8 Å². The van der Waals surface area contributed by atoms with Crippen molar-refractivity contribution in [3.8, 4) is 0 Å². The summed E-state index contributed by atoms with van der Waals surface area (Å²) in [7, 11) is 0. The van der Waals surface area contributed by atoms with Gasteiger partial charge in [-0.2, -0.15) is 11.3 Å². The fourth-order valence-corrected chi connectivity index (χ4v) is 2.62. The molecule has 90 valence electrons. The van der Waals surface area contributed by atoms with Crippen LogP contribution < -0.4 is 0 Å². The van der Waals surface area contributed by atoms with Crippen LogP contribution in [-0.4, -0.2) is 5.11 Å². The zero-order chi connectivity index (χ0) is 12.4. The van der Waals surface area contributed by atoms with Crippen molar-refractivity contribution in [2.45, 2.75) is 19.4 Å². The SMILES string of the molecule is Cc1cscc1C(O)Cc1ccc(F)cc1F. The molecule has 0 bridgehead atoms. The highest BCUT2D eigenvalue weighted by molar-refractivity contribution is 7.08. The molecule has 1 unspecified atom stereocenters. The van der Waals surface area contributed by atoms with Gasteiger partial charge >= 0.3 is 0 Å². The van der Waals surface area contributed by atoms with Crippen molar-refractivity contribution >= 4 is 11.3 Å². The van der Waals surface area contributed by atoms with Crippen molar-refractivity contribution in [3.63, 3.8) is 0 Å². The van der Waals surface area contributed by atoms with Gasteiger partial charge in [-0.3, -0.25) is 0 Å². The van der Waals surface area contributed by atoms with Crippen LogP contribution in [0.4, 0.5) is 8.78 Å². The summed E-state index contributed by atoms with van der Waals surface area (Å²) in [4.78, 5) is 0. The molecule has 4 heteroatoms. The molecule has 0 radical (unpaired) electrons. The summed E-state index contributed by atoms with van der Waals surface area (Å²) in [6, 6.07) is 3.41. The van der Waals surface area contributed by atoms with Gasteiger partial charge in [-0.1, -0.05) is 6.07 Å². The summed E-state index contributed by atoms with van der Waals surface area (Å²) in [5, 5.41) is 13.8. The van der Waals surface area contributed by atoms with Gasteiger partial charge in [0.25, 0.3) is 0 Å². The number of aliphatic hydroxyl groups is 1. The summed E-state index contributed by atoms with van der Waals surface area (Å²) in [5.74, 6) is -1.22. The van der Waals surface area contributed by atoms with Crippen LogP contribution in [0.3, 0.4) is 0 Å². The summed E-state index contributed by atoms with van der Waals surface area (Å²) >= 11 is 1.50. The molecule has 0 saturated heterocycles. The average Bonchev–Trinajstić information content (AvgIpc) is 2.68. The molecular weight excluding hydrogens is 242 g/mol. The molecule has 1 aromatic heterocycles. The van der Waals surface area contributed by atoms with Crippen molar-refractivity contribution < 1.29 is 13.9 Å². The molecule has 0 amide bonds. The fourth-order valence-electron chi connectivity index (χ4n) is 1.72. The standard InChI is InChI=1S/C13H12F2OS/c1-8-6-17-7-11(8)13(16)4-9-2-3-10(14)5-12(9)15/h2-3,5-7,13,16H,4H2,1H3. The van der Waals surface area contributed by atoms with Crippen LogP contribution in [0, 0.1) is 18.6 Å². The van der Waals surface area contributed by atoms with E-state index in [1.807, 2.05) is 17.7 Å². The lowest BCUT2D eigenvalue weighted by Gasteiger charge is -2.11. The Morgan fingerprint density at radius 1 is 1.29 bits per heavy atom. The Morgan fingerprint density at radius 2 is 2.06 bits per heavy atom. The van der Waals surface area contributed by atoms with Crippen LogP contribution in [0.5, 0.6) is 0 Å². The zero-order valence-corrected chi connectivity index (χ0v) is 10.1. The zero-order valence-electron chi connectivity index (χ0n) is 9.28. The van der Waals surface area contributed by atoms with Crippen LogP contribution in [0.25, 0.3) is 0 Å². The van der Waals surface area contributed by atoms with Gasteiger partial charge in [0.05, 0.1) is 6.10 Å². The molecule has 2 aromatic rings. The minimum atomic E-state index is -0.749. The lowest BCUT2D eigenvalue weighted by molar-refractivity contribution is 0.177. The molecule has 0 spiro atoms. The largest absolute Gasteiger partial charge is 0.388 e. The number of aliphatic hydroxyl groups excluding tert-OH is 1. The third-order valence-electron chi connectivity index (χ3n) is 2.68. The van der Waals surface area contributed by atoms with E-state index >= 15 is 0 Å². The molecule has 0 fully saturated rings. The molecule has 1 atom stereocenters. The van der Waals surface area contributed by atoms with E-state index in [4.69, 9.17) is 0 Å². The van der Waals surface area contributed by atoms with Gasteiger partial charge in [0.1, 0.15) is 11.6 Å². The van der Waals surface area contributed by atoms with Gasteiger partial charge in [-0.05, 0) is 40.4 Å². The predicted octanol–water partition coefficient (Wildman–Crippen LogP) is 3.61. The van der Waals surface area contributed by atoms with E-state index in [9.17, 15) is 13.9 Å². The molecule has 17 heavy (non-hydrogen) atoms. The Labute approximate surface area is 102 Å². The van der Waals surface area contributed by atoms with Crippen molar-refractivity contribution in [1.82, 2.24) is 0 Å². The average molecular weight is 254 g/mol. The molecule has 1 N–H and O–H groups in total. The number of aryl methyl sites for hydroxylation is 1. The van der Waals surface area contributed by atoms with Crippen LogP contribution >= 0.6 is 11.3 Å². The molecular formula is C13H12F2OS. The van der Waals surface area contributed by atoms with Crippen molar-refractivity contribution in [1.29, 1.82) is 0 Å². The number of hydrogen-bond acceptors (Lipinski definition) is 2.